The van der Waals surface area contributed by atoms with Crippen LogP contribution in [0.2, 0.25) is 0 Å². The molecule has 3 heteroatoms. The molecule has 11 heavy (non-hydrogen) atoms. The summed E-state index contributed by atoms with van der Waals surface area (Å²) in [5.74, 6) is 1.06. The van der Waals surface area contributed by atoms with E-state index in [1.165, 1.54) is 6.42 Å². The third-order valence-electron chi connectivity index (χ3n) is 2.17. The first-order valence-electron chi connectivity index (χ1n) is 4.06. The molecule has 0 unspecified atom stereocenters. The molecule has 1 aromatic heterocycles. The van der Waals surface area contributed by atoms with Crippen LogP contribution in [0, 0.1) is 6.92 Å². The van der Waals surface area contributed by atoms with E-state index >= 15 is 0 Å². The minimum absolute atomic E-state index is 0.164. The Morgan fingerprint density at radius 2 is 2.55 bits per heavy atom. The molecule has 2 rings (SSSR count). The fourth-order valence-corrected chi connectivity index (χ4v) is 1.65. The minimum atomic E-state index is 0.164. The molecular formula is C8H13N3. The maximum Gasteiger partial charge on any atom is 0.125 e. The topological polar surface area (TPSA) is 43.8 Å². The lowest BCUT2D eigenvalue weighted by Gasteiger charge is -2.19. The summed E-state index contributed by atoms with van der Waals surface area (Å²) < 4.78 is 2.17. The van der Waals surface area contributed by atoms with Gasteiger partial charge in [-0.05, 0) is 19.8 Å². The first kappa shape index (κ1) is 6.85. The monoisotopic (exact) mass is 151 g/mol. The van der Waals surface area contributed by atoms with E-state index in [4.69, 9.17) is 5.73 Å². The van der Waals surface area contributed by atoms with E-state index < -0.39 is 0 Å². The number of rotatable bonds is 0. The number of hydrogen-bond donors (Lipinski definition) is 1. The second-order valence-corrected chi connectivity index (χ2v) is 3.18. The Labute approximate surface area is 66.2 Å². The largest absolute Gasteiger partial charge is 0.333 e. The van der Waals surface area contributed by atoms with Crippen molar-refractivity contribution >= 4 is 0 Å². The molecule has 0 bridgehead atoms. The number of nitrogens with zero attached hydrogens (tertiary/aromatic N) is 2. The number of imidazole rings is 1. The second kappa shape index (κ2) is 2.34. The predicted octanol–water partition coefficient (Wildman–Crippen LogP) is 0.985. The molecule has 0 radical (unpaired) electrons. The van der Waals surface area contributed by atoms with Gasteiger partial charge in [0.05, 0.1) is 11.7 Å². The summed E-state index contributed by atoms with van der Waals surface area (Å²) in [5, 5.41) is 0. The molecule has 0 saturated heterocycles. The van der Waals surface area contributed by atoms with Gasteiger partial charge in [0.25, 0.3) is 0 Å². The maximum absolute atomic E-state index is 5.88. The first-order valence-corrected chi connectivity index (χ1v) is 4.06. The second-order valence-electron chi connectivity index (χ2n) is 3.18. The van der Waals surface area contributed by atoms with Crippen LogP contribution in [0.1, 0.15) is 30.4 Å². The molecule has 60 valence electrons. The van der Waals surface area contributed by atoms with Crippen LogP contribution in [0.25, 0.3) is 0 Å². The van der Waals surface area contributed by atoms with Gasteiger partial charge in [-0.1, -0.05) is 0 Å². The summed E-state index contributed by atoms with van der Waals surface area (Å²) in [4.78, 5) is 4.37. The Kier molecular flexibility index (Phi) is 1.46. The Bertz CT molecular complexity index is 264. The van der Waals surface area contributed by atoms with E-state index in [2.05, 4.69) is 15.7 Å². The first-order chi connectivity index (χ1) is 5.27. The minimum Gasteiger partial charge on any atom is -0.333 e. The highest BCUT2D eigenvalue weighted by Crippen LogP contribution is 2.21. The molecule has 0 aliphatic carbocycles. The summed E-state index contributed by atoms with van der Waals surface area (Å²) in [5.41, 5.74) is 6.96. The van der Waals surface area contributed by atoms with Gasteiger partial charge in [0, 0.05) is 12.7 Å². The van der Waals surface area contributed by atoms with Gasteiger partial charge in [-0.2, -0.15) is 0 Å². The lowest BCUT2D eigenvalue weighted by Crippen LogP contribution is -2.21. The Morgan fingerprint density at radius 3 is 3.27 bits per heavy atom. The number of nitrogens with two attached hydrogens (primary N) is 1. The number of fused-ring (bicyclic) bond motifs is 1. The molecule has 3 nitrogen and oxygen atoms in total. The van der Waals surface area contributed by atoms with Gasteiger partial charge in [-0.3, -0.25) is 0 Å². The summed E-state index contributed by atoms with van der Waals surface area (Å²) in [6, 6.07) is 0.164. The van der Waals surface area contributed by atoms with E-state index in [1.807, 2.05) is 6.92 Å². The van der Waals surface area contributed by atoms with Gasteiger partial charge in [0.1, 0.15) is 5.82 Å². The normalized spacial score (nSPS) is 23.3. The van der Waals surface area contributed by atoms with Gasteiger partial charge in [-0.15, -0.1) is 0 Å². The van der Waals surface area contributed by atoms with Crippen LogP contribution in [0.4, 0.5) is 0 Å². The van der Waals surface area contributed by atoms with Crippen LogP contribution in [-0.4, -0.2) is 9.55 Å². The van der Waals surface area contributed by atoms with Gasteiger partial charge < -0.3 is 10.3 Å². The highest BCUT2D eigenvalue weighted by Gasteiger charge is 2.17. The van der Waals surface area contributed by atoms with Gasteiger partial charge in [0.2, 0.25) is 0 Å². The molecule has 0 spiro atoms. The fourth-order valence-electron chi connectivity index (χ4n) is 1.65. The van der Waals surface area contributed by atoms with Crippen molar-refractivity contribution in [3.8, 4) is 0 Å². The predicted molar refractivity (Wildman–Crippen MR) is 43.1 cm³/mol. The van der Waals surface area contributed by atoms with E-state index in [0.717, 1.165) is 24.5 Å². The average Bonchev–Trinajstić information content (AvgIpc) is 2.31. The molecule has 1 atom stereocenters. The van der Waals surface area contributed by atoms with Crippen LogP contribution in [0.5, 0.6) is 0 Å². The zero-order valence-electron chi connectivity index (χ0n) is 6.75. The van der Waals surface area contributed by atoms with Gasteiger partial charge in [0.15, 0.2) is 0 Å². The Hall–Kier alpha value is -0.830. The molecule has 2 N–H and O–H groups in total. The summed E-state index contributed by atoms with van der Waals surface area (Å²) in [6.07, 6.45) is 4.34. The molecule has 1 aliphatic heterocycles. The molecule has 0 aromatic carbocycles. The highest BCUT2D eigenvalue weighted by molar-refractivity contribution is 5.07. The van der Waals surface area contributed by atoms with E-state index in [1.54, 1.807) is 0 Å². The van der Waals surface area contributed by atoms with E-state index in [-0.39, 0.29) is 6.04 Å². The Morgan fingerprint density at radius 1 is 1.73 bits per heavy atom. The van der Waals surface area contributed by atoms with Crippen LogP contribution in [0.15, 0.2) is 6.20 Å². The van der Waals surface area contributed by atoms with Crippen molar-refractivity contribution < 1.29 is 0 Å². The third kappa shape index (κ3) is 1.05. The van der Waals surface area contributed by atoms with Crippen LogP contribution in [0.3, 0.4) is 0 Å². The SMILES string of the molecule is Cc1cn2c(n1)[C@H](N)CCC2. The molecule has 2 heterocycles. The Balaban J connectivity index is 2.43. The molecule has 1 aliphatic rings. The standard InChI is InChI=1S/C8H13N3/c1-6-5-11-4-2-3-7(9)8(11)10-6/h5,7H,2-4,9H2,1H3/t7-/m1/s1. The molecule has 0 amide bonds. The summed E-state index contributed by atoms with van der Waals surface area (Å²) in [6.45, 7) is 3.10. The molecule has 0 saturated carbocycles. The number of aryl methyl sites for hydroxylation is 2. The van der Waals surface area contributed by atoms with Crippen molar-refractivity contribution in [3.05, 3.63) is 17.7 Å². The quantitative estimate of drug-likeness (QED) is 0.600. The lowest BCUT2D eigenvalue weighted by molar-refractivity contribution is 0.451. The van der Waals surface area contributed by atoms with E-state index in [0.29, 0.717) is 0 Å². The zero-order chi connectivity index (χ0) is 7.84. The van der Waals surface area contributed by atoms with Gasteiger partial charge in [-0.25, -0.2) is 4.98 Å². The van der Waals surface area contributed by atoms with Crippen LogP contribution in [-0.2, 0) is 6.54 Å². The highest BCUT2D eigenvalue weighted by atomic mass is 15.1. The van der Waals surface area contributed by atoms with Crippen molar-refractivity contribution in [1.82, 2.24) is 9.55 Å². The summed E-state index contributed by atoms with van der Waals surface area (Å²) in [7, 11) is 0. The smallest absolute Gasteiger partial charge is 0.125 e. The van der Waals surface area contributed by atoms with Crippen molar-refractivity contribution in [3.63, 3.8) is 0 Å². The van der Waals surface area contributed by atoms with Crippen LogP contribution < -0.4 is 5.73 Å². The van der Waals surface area contributed by atoms with Crippen LogP contribution >= 0.6 is 0 Å². The third-order valence-corrected chi connectivity index (χ3v) is 2.17. The number of hydrogen-bond acceptors (Lipinski definition) is 2. The summed E-state index contributed by atoms with van der Waals surface area (Å²) >= 11 is 0. The van der Waals surface area contributed by atoms with Crippen molar-refractivity contribution in [2.45, 2.75) is 32.4 Å². The van der Waals surface area contributed by atoms with Gasteiger partial charge >= 0.3 is 0 Å². The zero-order valence-corrected chi connectivity index (χ0v) is 6.75. The molecular weight excluding hydrogens is 138 g/mol. The van der Waals surface area contributed by atoms with Crippen molar-refractivity contribution in [2.75, 3.05) is 0 Å². The lowest BCUT2D eigenvalue weighted by atomic mass is 10.1. The number of aromatic nitrogens is 2. The maximum atomic E-state index is 5.88. The molecule has 0 fully saturated rings. The van der Waals surface area contributed by atoms with E-state index in [9.17, 15) is 0 Å². The average molecular weight is 151 g/mol. The molecule has 1 aromatic rings. The fraction of sp³-hybridized carbons (Fsp3) is 0.625. The van der Waals surface area contributed by atoms with Crippen molar-refractivity contribution in [2.24, 2.45) is 5.73 Å². The van der Waals surface area contributed by atoms with Crippen molar-refractivity contribution in [1.29, 1.82) is 0 Å².